The molecule has 3 rings (SSSR count). The van der Waals surface area contributed by atoms with Crippen LogP contribution in [0.4, 0.5) is 0 Å². The molecule has 3 aromatic rings. The Morgan fingerprint density at radius 2 is 1.70 bits per heavy atom. The van der Waals surface area contributed by atoms with Crippen molar-refractivity contribution in [3.05, 3.63) is 69.1 Å². The van der Waals surface area contributed by atoms with Crippen molar-refractivity contribution in [3.63, 3.8) is 0 Å². The number of thiazole rings is 1. The monoisotopic (exact) mass is 346 g/mol. The molecule has 5 nitrogen and oxygen atoms in total. The quantitative estimate of drug-likeness (QED) is 0.791. The van der Waals surface area contributed by atoms with Gasteiger partial charge < -0.3 is 0 Å². The Kier molecular flexibility index (Phi) is 3.93. The fourth-order valence-corrected chi connectivity index (χ4v) is 3.86. The molecule has 0 aliphatic rings. The number of hydrogen-bond donors (Lipinski definition) is 1. The van der Waals surface area contributed by atoms with Crippen molar-refractivity contribution in [1.82, 2.24) is 4.57 Å². The highest BCUT2D eigenvalue weighted by atomic mass is 32.2. The summed E-state index contributed by atoms with van der Waals surface area (Å²) in [4.78, 5) is 12.1. The first-order chi connectivity index (χ1) is 10.9. The molecular formula is C16H14N2O3S2. The van der Waals surface area contributed by atoms with Gasteiger partial charge in [0.1, 0.15) is 0 Å². The van der Waals surface area contributed by atoms with E-state index in [0.29, 0.717) is 16.9 Å². The number of aromatic nitrogens is 1. The first kappa shape index (κ1) is 15.7. The third-order valence-electron chi connectivity index (χ3n) is 3.46. The van der Waals surface area contributed by atoms with Crippen molar-refractivity contribution in [2.24, 2.45) is 5.14 Å². The maximum absolute atomic E-state index is 12.3. The van der Waals surface area contributed by atoms with Crippen LogP contribution in [0.5, 0.6) is 0 Å². The smallest absolute Gasteiger partial charge is 0.267 e. The average Bonchev–Trinajstić information content (AvgIpc) is 2.89. The largest absolute Gasteiger partial charge is 0.312 e. The average molecular weight is 346 g/mol. The summed E-state index contributed by atoms with van der Waals surface area (Å²) in [5, 5.41) is 6.94. The zero-order valence-electron chi connectivity index (χ0n) is 12.3. The minimum absolute atomic E-state index is 0.00124. The zero-order chi connectivity index (χ0) is 16.6. The third kappa shape index (κ3) is 2.98. The van der Waals surface area contributed by atoms with Crippen LogP contribution in [0.15, 0.2) is 63.6 Å². The molecule has 7 heteroatoms. The van der Waals surface area contributed by atoms with Crippen LogP contribution in [0, 0.1) is 6.92 Å². The molecule has 0 aliphatic heterocycles. The second-order valence-corrected chi connectivity index (χ2v) is 7.45. The standard InChI is InChI=1S/C16H14N2O3S2/c1-11-6-8-12(9-7-11)18-14(10-22-16(18)19)13-4-2-3-5-15(13)23(17,20)21/h2-10H,1H3,(H2,17,20,21). The summed E-state index contributed by atoms with van der Waals surface area (Å²) in [5.74, 6) is 0. The predicted octanol–water partition coefficient (Wildman–Crippen LogP) is 2.52. The molecule has 0 saturated carbocycles. The molecule has 2 aromatic carbocycles. The molecule has 0 unspecified atom stereocenters. The van der Waals surface area contributed by atoms with Crippen LogP contribution in [-0.2, 0) is 10.0 Å². The molecule has 0 bridgehead atoms. The minimum atomic E-state index is -3.89. The Hall–Kier alpha value is -2.22. The molecule has 0 atom stereocenters. The molecule has 2 N–H and O–H groups in total. The van der Waals surface area contributed by atoms with E-state index in [1.165, 1.54) is 10.6 Å². The van der Waals surface area contributed by atoms with Crippen LogP contribution in [0.1, 0.15) is 5.56 Å². The van der Waals surface area contributed by atoms with Gasteiger partial charge in [0.05, 0.1) is 16.3 Å². The van der Waals surface area contributed by atoms with Crippen molar-refractivity contribution >= 4 is 21.4 Å². The van der Waals surface area contributed by atoms with Gasteiger partial charge in [0.25, 0.3) is 0 Å². The van der Waals surface area contributed by atoms with Crippen LogP contribution < -0.4 is 10.0 Å². The summed E-state index contributed by atoms with van der Waals surface area (Å²) in [6.45, 7) is 1.96. The van der Waals surface area contributed by atoms with E-state index in [1.807, 2.05) is 31.2 Å². The highest BCUT2D eigenvalue weighted by Crippen LogP contribution is 2.28. The van der Waals surface area contributed by atoms with Crippen molar-refractivity contribution in [1.29, 1.82) is 0 Å². The van der Waals surface area contributed by atoms with Crippen LogP contribution in [-0.4, -0.2) is 13.0 Å². The van der Waals surface area contributed by atoms with Gasteiger partial charge in [-0.1, -0.05) is 47.2 Å². The molecule has 0 amide bonds. The molecule has 0 saturated heterocycles. The number of sulfonamides is 1. The molecule has 1 heterocycles. The molecule has 118 valence electrons. The molecule has 23 heavy (non-hydrogen) atoms. The summed E-state index contributed by atoms with van der Waals surface area (Å²) in [6, 6.07) is 13.8. The van der Waals surface area contributed by atoms with Crippen molar-refractivity contribution in [3.8, 4) is 16.9 Å². The number of benzene rings is 2. The van der Waals surface area contributed by atoms with Crippen molar-refractivity contribution < 1.29 is 8.42 Å². The van der Waals surface area contributed by atoms with Crippen LogP contribution in [0.25, 0.3) is 16.9 Å². The van der Waals surface area contributed by atoms with Gasteiger partial charge in [-0.15, -0.1) is 0 Å². The summed E-state index contributed by atoms with van der Waals surface area (Å²) < 4.78 is 25.1. The SMILES string of the molecule is Cc1ccc(-n2c(-c3ccccc3S(N)(=O)=O)csc2=O)cc1. The maximum atomic E-state index is 12.3. The Balaban J connectivity index is 2.29. The number of hydrogen-bond acceptors (Lipinski definition) is 4. The highest BCUT2D eigenvalue weighted by molar-refractivity contribution is 7.89. The fraction of sp³-hybridized carbons (Fsp3) is 0.0625. The lowest BCUT2D eigenvalue weighted by molar-refractivity contribution is 0.598. The molecular weight excluding hydrogens is 332 g/mol. The molecule has 0 radical (unpaired) electrons. The molecule has 0 spiro atoms. The lowest BCUT2D eigenvalue weighted by Crippen LogP contribution is -2.16. The summed E-state index contributed by atoms with van der Waals surface area (Å²) >= 11 is 1.02. The second kappa shape index (κ2) is 5.77. The maximum Gasteiger partial charge on any atom is 0.312 e. The lowest BCUT2D eigenvalue weighted by Gasteiger charge is -2.11. The Bertz CT molecular complexity index is 1020. The number of aryl methyl sites for hydroxylation is 1. The zero-order valence-corrected chi connectivity index (χ0v) is 13.9. The number of nitrogens with two attached hydrogens (primary N) is 1. The third-order valence-corrected chi connectivity index (χ3v) is 5.15. The van der Waals surface area contributed by atoms with Gasteiger partial charge in [-0.3, -0.25) is 9.36 Å². The first-order valence-electron chi connectivity index (χ1n) is 6.78. The molecule has 0 fully saturated rings. The van der Waals surface area contributed by atoms with Crippen LogP contribution in [0.2, 0.25) is 0 Å². The minimum Gasteiger partial charge on any atom is -0.267 e. The number of nitrogens with zero attached hydrogens (tertiary/aromatic N) is 1. The fourth-order valence-electron chi connectivity index (χ4n) is 2.36. The lowest BCUT2D eigenvalue weighted by atomic mass is 10.1. The second-order valence-electron chi connectivity index (χ2n) is 5.10. The van der Waals surface area contributed by atoms with Gasteiger partial charge in [0.2, 0.25) is 10.0 Å². The highest BCUT2D eigenvalue weighted by Gasteiger charge is 2.19. The van der Waals surface area contributed by atoms with Crippen molar-refractivity contribution in [2.45, 2.75) is 11.8 Å². The number of rotatable bonds is 3. The molecule has 0 aliphatic carbocycles. The van der Waals surface area contributed by atoms with Gasteiger partial charge in [-0.05, 0) is 25.1 Å². The van der Waals surface area contributed by atoms with Crippen LogP contribution >= 0.6 is 11.3 Å². The van der Waals surface area contributed by atoms with E-state index in [-0.39, 0.29) is 9.77 Å². The first-order valence-corrected chi connectivity index (χ1v) is 9.20. The van der Waals surface area contributed by atoms with Crippen LogP contribution in [0.3, 0.4) is 0 Å². The van der Waals surface area contributed by atoms with E-state index in [4.69, 9.17) is 5.14 Å². The van der Waals surface area contributed by atoms with Gasteiger partial charge in [0.15, 0.2) is 0 Å². The normalized spacial score (nSPS) is 11.6. The molecule has 1 aromatic heterocycles. The van der Waals surface area contributed by atoms with Gasteiger partial charge >= 0.3 is 4.87 Å². The van der Waals surface area contributed by atoms with E-state index < -0.39 is 10.0 Å². The van der Waals surface area contributed by atoms with Crippen molar-refractivity contribution in [2.75, 3.05) is 0 Å². The Morgan fingerprint density at radius 3 is 2.35 bits per heavy atom. The van der Waals surface area contributed by atoms with E-state index in [1.54, 1.807) is 23.6 Å². The summed E-state index contributed by atoms with van der Waals surface area (Å²) in [5.41, 5.74) is 2.67. The van der Waals surface area contributed by atoms with Gasteiger partial charge in [-0.2, -0.15) is 0 Å². The van der Waals surface area contributed by atoms with Gasteiger partial charge in [0, 0.05) is 10.9 Å². The van der Waals surface area contributed by atoms with E-state index in [2.05, 4.69) is 0 Å². The number of primary sulfonamides is 1. The van der Waals surface area contributed by atoms with E-state index in [9.17, 15) is 13.2 Å². The van der Waals surface area contributed by atoms with Gasteiger partial charge in [-0.25, -0.2) is 13.6 Å². The topological polar surface area (TPSA) is 82.2 Å². The summed E-state index contributed by atoms with van der Waals surface area (Å²) in [7, 11) is -3.89. The Morgan fingerprint density at radius 1 is 1.04 bits per heavy atom. The van der Waals surface area contributed by atoms with E-state index >= 15 is 0 Å². The summed E-state index contributed by atoms with van der Waals surface area (Å²) in [6.07, 6.45) is 0. The predicted molar refractivity (Wildman–Crippen MR) is 91.5 cm³/mol. The Labute approximate surface area is 137 Å². The van der Waals surface area contributed by atoms with E-state index in [0.717, 1.165) is 16.9 Å².